The summed E-state index contributed by atoms with van der Waals surface area (Å²) >= 11 is 0. The molecule has 0 aromatic heterocycles. The molecule has 0 saturated heterocycles. The largest absolute Gasteiger partial charge is 0.497 e. The molecule has 0 fully saturated rings. The first-order valence-corrected chi connectivity index (χ1v) is 9.09. The second-order valence-corrected chi connectivity index (χ2v) is 6.23. The lowest BCUT2D eigenvalue weighted by Crippen LogP contribution is -2.03. The van der Waals surface area contributed by atoms with Crippen LogP contribution in [0, 0.1) is 0 Å². The molecular weight excluding hydrogens is 324 g/mol. The number of ether oxygens (including phenoxy) is 3. The maximum atomic E-state index is 6.09. The number of aryl methyl sites for hydroxylation is 1. The van der Waals surface area contributed by atoms with Gasteiger partial charge in [0.2, 0.25) is 0 Å². The van der Waals surface area contributed by atoms with Crippen LogP contribution in [-0.2, 0) is 11.2 Å². The molecule has 0 bridgehead atoms. The van der Waals surface area contributed by atoms with Crippen molar-refractivity contribution >= 4 is 10.8 Å². The van der Waals surface area contributed by atoms with Gasteiger partial charge in [0.25, 0.3) is 0 Å². The van der Waals surface area contributed by atoms with Crippen molar-refractivity contribution in [3.8, 4) is 22.6 Å². The lowest BCUT2D eigenvalue weighted by atomic mass is 9.91. The maximum absolute atomic E-state index is 6.09. The monoisotopic (exact) mass is 350 g/mol. The van der Waals surface area contributed by atoms with Crippen LogP contribution in [0.4, 0.5) is 0 Å². The molecule has 3 rings (SSSR count). The summed E-state index contributed by atoms with van der Waals surface area (Å²) < 4.78 is 16.6. The van der Waals surface area contributed by atoms with Crippen LogP contribution in [0.1, 0.15) is 18.9 Å². The summed E-state index contributed by atoms with van der Waals surface area (Å²) in [5, 5.41) is 2.35. The quantitative estimate of drug-likeness (QED) is 0.503. The van der Waals surface area contributed by atoms with Crippen LogP contribution < -0.4 is 9.47 Å². The third-order valence-electron chi connectivity index (χ3n) is 4.58. The average molecular weight is 350 g/mol. The summed E-state index contributed by atoms with van der Waals surface area (Å²) in [4.78, 5) is 0. The molecule has 0 radical (unpaired) electrons. The third kappa shape index (κ3) is 3.83. The molecular formula is C23H26O3. The molecule has 0 atom stereocenters. The molecule has 0 aliphatic rings. The van der Waals surface area contributed by atoms with Gasteiger partial charge in [0, 0.05) is 25.5 Å². The van der Waals surface area contributed by atoms with E-state index in [0.29, 0.717) is 13.2 Å². The summed E-state index contributed by atoms with van der Waals surface area (Å²) in [5.41, 5.74) is 3.70. The Morgan fingerprint density at radius 2 is 1.65 bits per heavy atom. The van der Waals surface area contributed by atoms with Gasteiger partial charge in [-0.05, 0) is 46.7 Å². The smallest absolute Gasteiger partial charge is 0.127 e. The Morgan fingerprint density at radius 3 is 2.38 bits per heavy atom. The molecule has 26 heavy (non-hydrogen) atoms. The Hall–Kier alpha value is -2.52. The van der Waals surface area contributed by atoms with E-state index in [1.165, 1.54) is 22.1 Å². The van der Waals surface area contributed by atoms with E-state index >= 15 is 0 Å². The van der Waals surface area contributed by atoms with Gasteiger partial charge in [-0.2, -0.15) is 0 Å². The zero-order valence-electron chi connectivity index (χ0n) is 15.7. The molecule has 3 nitrogen and oxygen atoms in total. The topological polar surface area (TPSA) is 27.7 Å². The van der Waals surface area contributed by atoms with E-state index < -0.39 is 0 Å². The molecule has 3 aromatic rings. The molecule has 0 unspecified atom stereocenters. The van der Waals surface area contributed by atoms with Crippen molar-refractivity contribution in [1.82, 2.24) is 0 Å². The molecule has 3 heteroatoms. The fourth-order valence-corrected chi connectivity index (χ4v) is 3.30. The van der Waals surface area contributed by atoms with E-state index in [-0.39, 0.29) is 0 Å². The van der Waals surface area contributed by atoms with Crippen LogP contribution in [0.3, 0.4) is 0 Å². The highest BCUT2D eigenvalue weighted by Gasteiger charge is 2.14. The number of fused-ring (bicyclic) bond motifs is 1. The van der Waals surface area contributed by atoms with Crippen LogP contribution in [-0.4, -0.2) is 27.4 Å². The molecule has 0 amide bonds. The lowest BCUT2D eigenvalue weighted by molar-refractivity contribution is 0.172. The zero-order chi connectivity index (χ0) is 18.4. The van der Waals surface area contributed by atoms with Gasteiger partial charge in [-0.25, -0.2) is 0 Å². The summed E-state index contributed by atoms with van der Waals surface area (Å²) in [6, 6.07) is 18.9. The van der Waals surface area contributed by atoms with Gasteiger partial charge in [0.15, 0.2) is 0 Å². The Kier molecular flexibility index (Phi) is 6.13. The van der Waals surface area contributed by atoms with Crippen molar-refractivity contribution in [3.05, 3.63) is 60.2 Å². The van der Waals surface area contributed by atoms with Crippen molar-refractivity contribution in [1.29, 1.82) is 0 Å². The first kappa shape index (κ1) is 18.3. The average Bonchev–Trinajstić information content (AvgIpc) is 2.70. The molecule has 0 N–H and O–H groups in total. The van der Waals surface area contributed by atoms with Gasteiger partial charge in [-0.3, -0.25) is 0 Å². The first-order chi connectivity index (χ1) is 12.8. The van der Waals surface area contributed by atoms with Crippen LogP contribution in [0.25, 0.3) is 21.9 Å². The van der Waals surface area contributed by atoms with Crippen molar-refractivity contribution in [2.24, 2.45) is 0 Å². The van der Waals surface area contributed by atoms with Crippen molar-refractivity contribution in [3.63, 3.8) is 0 Å². The van der Waals surface area contributed by atoms with Gasteiger partial charge < -0.3 is 14.2 Å². The van der Waals surface area contributed by atoms with E-state index in [4.69, 9.17) is 14.2 Å². The Labute approximate surface area is 155 Å². The normalized spacial score (nSPS) is 10.9. The van der Waals surface area contributed by atoms with E-state index in [9.17, 15) is 0 Å². The predicted molar refractivity (Wildman–Crippen MR) is 107 cm³/mol. The summed E-state index contributed by atoms with van der Waals surface area (Å²) in [7, 11) is 3.42. The highest BCUT2D eigenvalue weighted by Crippen LogP contribution is 2.39. The number of rotatable bonds is 8. The number of methoxy groups -OCH3 is 2. The number of hydrogen-bond acceptors (Lipinski definition) is 3. The second-order valence-electron chi connectivity index (χ2n) is 6.23. The van der Waals surface area contributed by atoms with Gasteiger partial charge in [0.1, 0.15) is 11.5 Å². The third-order valence-corrected chi connectivity index (χ3v) is 4.58. The van der Waals surface area contributed by atoms with E-state index in [0.717, 1.165) is 29.7 Å². The summed E-state index contributed by atoms with van der Waals surface area (Å²) in [5.74, 6) is 1.81. The first-order valence-electron chi connectivity index (χ1n) is 9.09. The van der Waals surface area contributed by atoms with Crippen LogP contribution >= 0.6 is 0 Å². The van der Waals surface area contributed by atoms with Gasteiger partial charge in [0.05, 0.1) is 13.7 Å². The Bertz CT molecular complexity index is 870. The van der Waals surface area contributed by atoms with Crippen LogP contribution in [0.5, 0.6) is 11.5 Å². The minimum atomic E-state index is 0.652. The van der Waals surface area contributed by atoms with Crippen molar-refractivity contribution < 1.29 is 14.2 Å². The maximum Gasteiger partial charge on any atom is 0.127 e. The van der Waals surface area contributed by atoms with Gasteiger partial charge in [-0.1, -0.05) is 43.3 Å². The molecule has 0 saturated carbocycles. The van der Waals surface area contributed by atoms with Gasteiger partial charge in [-0.15, -0.1) is 0 Å². The van der Waals surface area contributed by atoms with E-state index in [2.05, 4.69) is 49.4 Å². The van der Waals surface area contributed by atoms with E-state index in [1.54, 1.807) is 14.2 Å². The van der Waals surface area contributed by atoms with Crippen LogP contribution in [0.15, 0.2) is 54.6 Å². The lowest BCUT2D eigenvalue weighted by Gasteiger charge is -2.17. The molecule has 0 aliphatic heterocycles. The highest BCUT2D eigenvalue weighted by molar-refractivity contribution is 6.01. The summed E-state index contributed by atoms with van der Waals surface area (Å²) in [6.07, 6.45) is 1.82. The number of benzene rings is 3. The Balaban J connectivity index is 2.11. The highest BCUT2D eigenvalue weighted by atomic mass is 16.5. The Morgan fingerprint density at radius 1 is 0.846 bits per heavy atom. The minimum absolute atomic E-state index is 0.652. The molecule has 3 aromatic carbocycles. The fraction of sp³-hybridized carbons (Fsp3) is 0.304. The SMILES string of the molecule is CCc1cc(OCCCOC)c2ccccc2c1-c1cccc(OC)c1. The summed E-state index contributed by atoms with van der Waals surface area (Å²) in [6.45, 7) is 3.54. The second kappa shape index (κ2) is 8.72. The van der Waals surface area contributed by atoms with E-state index in [1.807, 2.05) is 12.1 Å². The number of hydrogen-bond donors (Lipinski definition) is 0. The molecule has 136 valence electrons. The molecule has 0 heterocycles. The predicted octanol–water partition coefficient (Wildman–Crippen LogP) is 5.49. The molecule has 0 spiro atoms. The fourth-order valence-electron chi connectivity index (χ4n) is 3.30. The zero-order valence-corrected chi connectivity index (χ0v) is 15.7. The standard InChI is InChI=1S/C23H26O3/c1-4-17-16-22(26-14-8-13-24-2)20-11-5-6-12-21(20)23(17)18-9-7-10-19(15-18)25-3/h5-7,9-12,15-16H,4,8,13-14H2,1-3H3. The molecule has 0 aliphatic carbocycles. The minimum Gasteiger partial charge on any atom is -0.497 e. The van der Waals surface area contributed by atoms with Crippen molar-refractivity contribution in [2.75, 3.05) is 27.4 Å². The van der Waals surface area contributed by atoms with Crippen LogP contribution in [0.2, 0.25) is 0 Å². The van der Waals surface area contributed by atoms with Crippen molar-refractivity contribution in [2.45, 2.75) is 19.8 Å². The van der Waals surface area contributed by atoms with Gasteiger partial charge >= 0.3 is 0 Å².